The number of rotatable bonds is 66. The SMILES string of the molecule is CC/C=C\C/C=C\C/C=C\C/C=C\C/C=C\CCCCCCCCCCCCCC(=O)OC(COC(=O)CCCCCCCCCCCCCCCCCCCCCCCCCC/C=C\C/C=C\C/C=C\C/C=C\CC)COP(=O)(O)OCCN. The monoisotopic (exact) mass is 1210 g/mol. The van der Waals surface area contributed by atoms with Crippen molar-refractivity contribution >= 4 is 19.8 Å². The van der Waals surface area contributed by atoms with E-state index in [-0.39, 0.29) is 38.6 Å². The Morgan fingerprint density at radius 3 is 0.906 bits per heavy atom. The molecule has 0 aromatic rings. The van der Waals surface area contributed by atoms with Crippen molar-refractivity contribution in [3.05, 3.63) is 109 Å². The molecule has 0 saturated carbocycles. The molecule has 490 valence electrons. The van der Waals surface area contributed by atoms with E-state index in [0.29, 0.717) is 6.42 Å². The number of carbonyl (C=O) groups excluding carboxylic acids is 2. The first-order valence-corrected chi connectivity index (χ1v) is 36.9. The van der Waals surface area contributed by atoms with Gasteiger partial charge in [0.15, 0.2) is 6.10 Å². The highest BCUT2D eigenvalue weighted by molar-refractivity contribution is 7.47. The number of nitrogens with two attached hydrogens (primary N) is 1. The van der Waals surface area contributed by atoms with Crippen LogP contribution in [0.1, 0.15) is 322 Å². The zero-order valence-corrected chi connectivity index (χ0v) is 56.0. The van der Waals surface area contributed by atoms with Crippen molar-refractivity contribution in [3.63, 3.8) is 0 Å². The molecule has 0 spiro atoms. The summed E-state index contributed by atoms with van der Waals surface area (Å²) < 4.78 is 33.2. The zero-order chi connectivity index (χ0) is 61.6. The van der Waals surface area contributed by atoms with Gasteiger partial charge in [-0.05, 0) is 96.3 Å². The topological polar surface area (TPSA) is 134 Å². The van der Waals surface area contributed by atoms with Crippen LogP contribution >= 0.6 is 7.82 Å². The minimum Gasteiger partial charge on any atom is -0.462 e. The van der Waals surface area contributed by atoms with Crippen molar-refractivity contribution < 1.29 is 37.6 Å². The van der Waals surface area contributed by atoms with E-state index >= 15 is 0 Å². The van der Waals surface area contributed by atoms with E-state index in [1.807, 2.05) is 0 Å². The summed E-state index contributed by atoms with van der Waals surface area (Å²) in [7, 11) is -4.40. The summed E-state index contributed by atoms with van der Waals surface area (Å²) in [5.41, 5.74) is 5.40. The molecule has 0 aliphatic rings. The predicted molar refractivity (Wildman–Crippen MR) is 367 cm³/mol. The second-order valence-corrected chi connectivity index (χ2v) is 24.8. The Hall–Kier alpha value is -3.33. The molecular formula is C75H132NO8P. The minimum atomic E-state index is -4.40. The number of esters is 2. The third kappa shape index (κ3) is 69.6. The van der Waals surface area contributed by atoms with E-state index in [9.17, 15) is 19.0 Å². The van der Waals surface area contributed by atoms with Crippen molar-refractivity contribution in [2.45, 2.75) is 328 Å². The maximum absolute atomic E-state index is 12.8. The van der Waals surface area contributed by atoms with Gasteiger partial charge in [0.05, 0.1) is 13.2 Å². The summed E-state index contributed by atoms with van der Waals surface area (Å²) >= 11 is 0. The van der Waals surface area contributed by atoms with Gasteiger partial charge in [-0.15, -0.1) is 0 Å². The van der Waals surface area contributed by atoms with Gasteiger partial charge in [-0.3, -0.25) is 18.6 Å². The van der Waals surface area contributed by atoms with Gasteiger partial charge in [0.2, 0.25) is 0 Å². The van der Waals surface area contributed by atoms with Crippen LogP contribution in [-0.4, -0.2) is 49.3 Å². The van der Waals surface area contributed by atoms with Crippen molar-refractivity contribution in [1.29, 1.82) is 0 Å². The van der Waals surface area contributed by atoms with Crippen molar-refractivity contribution in [1.82, 2.24) is 0 Å². The number of hydrogen-bond donors (Lipinski definition) is 2. The minimum absolute atomic E-state index is 0.0505. The van der Waals surface area contributed by atoms with Gasteiger partial charge < -0.3 is 20.1 Å². The van der Waals surface area contributed by atoms with Crippen LogP contribution in [0.5, 0.6) is 0 Å². The lowest BCUT2D eigenvalue weighted by Crippen LogP contribution is -2.29. The molecule has 0 rings (SSSR count). The standard InChI is InChI=1S/C75H132NO8P/c1-3-5-7-9-11-13-15-17-19-21-23-25-27-29-31-32-33-34-35-36-37-38-39-40-42-43-45-47-49-51-53-55-57-59-61-63-65-67-74(77)81-71-73(72-83-85(79,80)82-70-69-76)84-75(78)68-66-64-62-60-58-56-54-52-50-48-46-44-41-30-28-26-24-22-20-18-16-14-12-10-8-6-4-2/h5-8,11-14,17-20,23-26,30,41,73H,3-4,9-10,15-16,21-22,27-29,31-40,42-72,76H2,1-2H3,(H,79,80)/b7-5-,8-6-,13-11-,14-12-,19-17-,20-18-,25-23-,26-24-,41-30-. The Kier molecular flexibility index (Phi) is 67.0. The Labute approximate surface area is 524 Å². The first-order valence-electron chi connectivity index (χ1n) is 35.4. The fourth-order valence-corrected chi connectivity index (χ4v) is 10.8. The van der Waals surface area contributed by atoms with Crippen LogP contribution in [0, 0.1) is 0 Å². The molecule has 85 heavy (non-hydrogen) atoms. The van der Waals surface area contributed by atoms with Gasteiger partial charge >= 0.3 is 19.8 Å². The largest absolute Gasteiger partial charge is 0.472 e. The highest BCUT2D eigenvalue weighted by atomic mass is 31.2. The number of allylic oxidation sites excluding steroid dienone is 18. The van der Waals surface area contributed by atoms with Gasteiger partial charge in [0, 0.05) is 19.4 Å². The number of carbonyl (C=O) groups is 2. The average Bonchev–Trinajstić information content (AvgIpc) is 3.53. The van der Waals surface area contributed by atoms with Crippen LogP contribution in [0.15, 0.2) is 109 Å². The second kappa shape index (κ2) is 69.8. The molecule has 0 bridgehead atoms. The van der Waals surface area contributed by atoms with Crippen LogP contribution < -0.4 is 5.73 Å². The molecule has 0 amide bonds. The molecule has 0 aromatic carbocycles. The maximum atomic E-state index is 12.8. The second-order valence-electron chi connectivity index (χ2n) is 23.3. The molecule has 2 unspecified atom stereocenters. The van der Waals surface area contributed by atoms with E-state index in [1.165, 1.54) is 186 Å². The normalized spacial score (nSPS) is 13.6. The third-order valence-electron chi connectivity index (χ3n) is 15.2. The van der Waals surface area contributed by atoms with E-state index in [1.54, 1.807) is 0 Å². The highest BCUT2D eigenvalue weighted by Crippen LogP contribution is 2.43. The van der Waals surface area contributed by atoms with E-state index in [0.717, 1.165) is 103 Å². The number of hydrogen-bond acceptors (Lipinski definition) is 8. The molecule has 0 fully saturated rings. The summed E-state index contributed by atoms with van der Waals surface area (Å²) in [4.78, 5) is 35.4. The van der Waals surface area contributed by atoms with Crippen LogP contribution in [-0.2, 0) is 32.7 Å². The Morgan fingerprint density at radius 1 is 0.353 bits per heavy atom. The van der Waals surface area contributed by atoms with Gasteiger partial charge in [-0.2, -0.15) is 0 Å². The number of unbranched alkanes of at least 4 members (excludes halogenated alkanes) is 35. The van der Waals surface area contributed by atoms with Crippen LogP contribution in [0.3, 0.4) is 0 Å². The molecule has 0 radical (unpaired) electrons. The fraction of sp³-hybridized carbons (Fsp3) is 0.733. The lowest BCUT2D eigenvalue weighted by Gasteiger charge is -2.19. The molecule has 0 aliphatic heterocycles. The summed E-state index contributed by atoms with van der Waals surface area (Å²) in [5.74, 6) is -0.822. The molecule has 3 N–H and O–H groups in total. The fourth-order valence-electron chi connectivity index (χ4n) is 10.0. The predicted octanol–water partition coefficient (Wildman–Crippen LogP) is 23.3. The summed E-state index contributed by atoms with van der Waals surface area (Å²) in [6, 6.07) is 0. The number of phosphoric acid groups is 1. The van der Waals surface area contributed by atoms with Crippen molar-refractivity contribution in [2.75, 3.05) is 26.4 Å². The molecule has 2 atom stereocenters. The van der Waals surface area contributed by atoms with Gasteiger partial charge in [0.25, 0.3) is 0 Å². The van der Waals surface area contributed by atoms with Gasteiger partial charge in [-0.1, -0.05) is 322 Å². The average molecular weight is 1210 g/mol. The molecular weight excluding hydrogens is 1070 g/mol. The molecule has 10 heteroatoms. The summed E-state index contributed by atoms with van der Waals surface area (Å²) in [6.45, 7) is 3.55. The van der Waals surface area contributed by atoms with Crippen LogP contribution in [0.25, 0.3) is 0 Å². The lowest BCUT2D eigenvalue weighted by atomic mass is 10.0. The highest BCUT2D eigenvalue weighted by Gasteiger charge is 2.26. The van der Waals surface area contributed by atoms with E-state index < -0.39 is 26.5 Å². The smallest absolute Gasteiger partial charge is 0.462 e. The van der Waals surface area contributed by atoms with Crippen LogP contribution in [0.4, 0.5) is 0 Å². The third-order valence-corrected chi connectivity index (χ3v) is 16.1. The van der Waals surface area contributed by atoms with Crippen molar-refractivity contribution in [3.8, 4) is 0 Å². The first kappa shape index (κ1) is 81.7. The first-order chi connectivity index (χ1) is 41.8. The number of ether oxygens (including phenoxy) is 2. The molecule has 0 heterocycles. The van der Waals surface area contributed by atoms with E-state index in [4.69, 9.17) is 24.3 Å². The Morgan fingerprint density at radius 2 is 0.612 bits per heavy atom. The zero-order valence-electron chi connectivity index (χ0n) is 55.1. The molecule has 9 nitrogen and oxygen atoms in total. The summed E-state index contributed by atoms with van der Waals surface area (Å²) in [6.07, 6.45) is 96.2. The Balaban J connectivity index is 3.83. The molecule has 0 aliphatic carbocycles. The van der Waals surface area contributed by atoms with Gasteiger partial charge in [0.1, 0.15) is 6.61 Å². The molecule has 0 saturated heterocycles. The van der Waals surface area contributed by atoms with E-state index in [2.05, 4.69) is 123 Å². The maximum Gasteiger partial charge on any atom is 0.472 e. The van der Waals surface area contributed by atoms with Crippen LogP contribution in [0.2, 0.25) is 0 Å². The van der Waals surface area contributed by atoms with Crippen molar-refractivity contribution in [2.24, 2.45) is 5.73 Å². The lowest BCUT2D eigenvalue weighted by molar-refractivity contribution is -0.161. The molecule has 0 aromatic heterocycles. The Bertz CT molecular complexity index is 1760. The quantitative estimate of drug-likeness (QED) is 0.0264. The number of phosphoric ester groups is 1. The van der Waals surface area contributed by atoms with Gasteiger partial charge in [-0.25, -0.2) is 4.57 Å². The summed E-state index contributed by atoms with van der Waals surface area (Å²) in [5, 5.41) is 0.